The summed E-state index contributed by atoms with van der Waals surface area (Å²) in [6.45, 7) is 6.88. The van der Waals surface area contributed by atoms with Gasteiger partial charge in [0.2, 0.25) is 0 Å². The topological polar surface area (TPSA) is 58.1 Å². The van der Waals surface area contributed by atoms with E-state index in [1.54, 1.807) is 40.0 Å². The first-order valence-corrected chi connectivity index (χ1v) is 6.07. The summed E-state index contributed by atoms with van der Waals surface area (Å²) in [7, 11) is 1.46. The Labute approximate surface area is 112 Å². The molecule has 2 rings (SSSR count). The fourth-order valence-corrected chi connectivity index (χ4v) is 1.49. The van der Waals surface area contributed by atoms with Gasteiger partial charge in [0.15, 0.2) is 0 Å². The third-order valence-corrected chi connectivity index (χ3v) is 3.51. The molecule has 0 unspecified atom stereocenters. The Kier molecular flexibility index (Phi) is 3.41. The van der Waals surface area contributed by atoms with E-state index in [4.69, 9.17) is 4.65 Å². The highest BCUT2D eigenvalue weighted by molar-refractivity contribution is 6.51. The monoisotopic (exact) mass is 263 g/mol. The molecule has 4 nitrogen and oxygen atoms in total. The van der Waals surface area contributed by atoms with Crippen molar-refractivity contribution in [3.63, 3.8) is 0 Å². The van der Waals surface area contributed by atoms with E-state index in [0.717, 1.165) is 0 Å². The zero-order chi connectivity index (χ0) is 14.3. The summed E-state index contributed by atoms with van der Waals surface area (Å²) in [6, 6.07) is 1.67. The van der Waals surface area contributed by atoms with Crippen molar-refractivity contribution in [2.75, 3.05) is 0 Å². The molecule has 0 saturated heterocycles. The fraction of sp³-hybridized carbons (Fsp3) is 0.462. The van der Waals surface area contributed by atoms with Crippen molar-refractivity contribution in [2.45, 2.75) is 38.9 Å². The van der Waals surface area contributed by atoms with Crippen LogP contribution in [0.2, 0.25) is 0 Å². The molecule has 0 bridgehead atoms. The van der Waals surface area contributed by atoms with Crippen LogP contribution in [0, 0.1) is 5.82 Å². The molecule has 0 amide bonds. The van der Waals surface area contributed by atoms with Crippen molar-refractivity contribution < 1.29 is 14.2 Å². The lowest BCUT2D eigenvalue weighted by Gasteiger charge is -2.37. The molecular formula is C13H17BFN2O2. The van der Waals surface area contributed by atoms with Gasteiger partial charge < -0.3 is 14.7 Å². The molecule has 101 valence electrons. The molecule has 2 aromatic heterocycles. The average molecular weight is 263 g/mol. The summed E-state index contributed by atoms with van der Waals surface area (Å²) in [6.07, 6.45) is 2.83. The maximum atomic E-state index is 13.7. The van der Waals surface area contributed by atoms with Crippen molar-refractivity contribution in [3.8, 4) is 0 Å². The van der Waals surface area contributed by atoms with E-state index in [1.807, 2.05) is 0 Å². The van der Waals surface area contributed by atoms with Crippen LogP contribution in [0.4, 0.5) is 4.39 Å². The molecule has 0 saturated carbocycles. The number of hydrogen-bond donors (Lipinski definition) is 2. The number of pyridine rings is 1. The van der Waals surface area contributed by atoms with Crippen LogP contribution in [-0.4, -0.2) is 33.8 Å². The van der Waals surface area contributed by atoms with E-state index in [0.29, 0.717) is 16.5 Å². The average Bonchev–Trinajstić information content (AvgIpc) is 2.68. The lowest BCUT2D eigenvalue weighted by Crippen LogP contribution is -2.49. The molecule has 2 heterocycles. The summed E-state index contributed by atoms with van der Waals surface area (Å²) >= 11 is 0. The molecule has 0 aliphatic rings. The number of hydrogen-bond acceptors (Lipinski definition) is 3. The number of rotatable bonds is 4. The quantitative estimate of drug-likeness (QED) is 0.822. The largest absolute Gasteiger partial charge is 0.427 e. The van der Waals surface area contributed by atoms with E-state index in [2.05, 4.69) is 9.97 Å². The standard InChI is InChI=1S/C13H17BFN2O2/c1-12(2,18)13(3,4)19-14-8-5-6-16-11-10(8)9(15)7-17-11/h5-7,18H,1-4H3,(H,16,17). The molecule has 19 heavy (non-hydrogen) atoms. The number of nitrogens with one attached hydrogen (secondary N) is 1. The number of aromatic nitrogens is 2. The molecule has 0 aliphatic carbocycles. The number of aromatic amines is 1. The van der Waals surface area contributed by atoms with Crippen LogP contribution >= 0.6 is 0 Å². The Morgan fingerprint density at radius 3 is 2.68 bits per heavy atom. The number of halogens is 1. The minimum Gasteiger partial charge on any atom is -0.427 e. The Balaban J connectivity index is 2.26. The van der Waals surface area contributed by atoms with E-state index in [9.17, 15) is 9.50 Å². The maximum Gasteiger partial charge on any atom is 0.331 e. The summed E-state index contributed by atoms with van der Waals surface area (Å²) in [4.78, 5) is 6.78. The molecule has 0 atom stereocenters. The van der Waals surface area contributed by atoms with E-state index >= 15 is 0 Å². The highest BCUT2D eigenvalue weighted by atomic mass is 19.1. The van der Waals surface area contributed by atoms with Gasteiger partial charge in [0.25, 0.3) is 0 Å². The molecule has 6 heteroatoms. The molecule has 1 radical (unpaired) electrons. The van der Waals surface area contributed by atoms with Gasteiger partial charge in [-0.2, -0.15) is 0 Å². The second-order valence-corrected chi connectivity index (χ2v) is 5.57. The Morgan fingerprint density at radius 1 is 1.37 bits per heavy atom. The normalized spacial score (nSPS) is 12.9. The smallest absolute Gasteiger partial charge is 0.331 e. The fourth-order valence-electron chi connectivity index (χ4n) is 1.49. The highest BCUT2D eigenvalue weighted by Crippen LogP contribution is 2.24. The van der Waals surface area contributed by atoms with Gasteiger partial charge in [-0.1, -0.05) is 0 Å². The Hall–Kier alpha value is -1.40. The van der Waals surface area contributed by atoms with E-state index < -0.39 is 11.2 Å². The molecule has 0 aliphatic heterocycles. The Bertz CT molecular complexity index is 590. The summed E-state index contributed by atoms with van der Waals surface area (Å²) in [5, 5.41) is 10.4. The molecule has 2 N–H and O–H groups in total. The van der Waals surface area contributed by atoms with E-state index in [1.165, 1.54) is 13.7 Å². The van der Waals surface area contributed by atoms with Crippen LogP contribution in [0.15, 0.2) is 18.5 Å². The summed E-state index contributed by atoms with van der Waals surface area (Å²) < 4.78 is 19.3. The lowest BCUT2D eigenvalue weighted by molar-refractivity contribution is -0.0893. The zero-order valence-corrected chi connectivity index (χ0v) is 11.5. The van der Waals surface area contributed by atoms with Crippen molar-refractivity contribution in [1.29, 1.82) is 0 Å². The van der Waals surface area contributed by atoms with Crippen molar-refractivity contribution >= 4 is 24.0 Å². The predicted molar refractivity (Wildman–Crippen MR) is 72.9 cm³/mol. The van der Waals surface area contributed by atoms with Gasteiger partial charge in [0.05, 0.1) is 16.6 Å². The van der Waals surface area contributed by atoms with Crippen LogP contribution in [0.1, 0.15) is 27.7 Å². The van der Waals surface area contributed by atoms with Gasteiger partial charge in [0, 0.05) is 12.4 Å². The molecule has 2 aromatic rings. The SMILES string of the molecule is CC(C)(O)C(C)(C)O[B]c1ccnc2[nH]cc(F)c12. The summed E-state index contributed by atoms with van der Waals surface area (Å²) in [5.41, 5.74) is -0.765. The van der Waals surface area contributed by atoms with Gasteiger partial charge in [-0.05, 0) is 39.2 Å². The molecular weight excluding hydrogens is 246 g/mol. The lowest BCUT2D eigenvalue weighted by atomic mass is 9.81. The maximum absolute atomic E-state index is 13.7. The highest BCUT2D eigenvalue weighted by Gasteiger charge is 2.35. The van der Waals surface area contributed by atoms with Crippen molar-refractivity contribution in [3.05, 3.63) is 24.3 Å². The van der Waals surface area contributed by atoms with Crippen molar-refractivity contribution in [1.82, 2.24) is 9.97 Å². The first-order chi connectivity index (χ1) is 8.72. The third kappa shape index (κ3) is 2.64. The minimum absolute atomic E-state index is 0.376. The molecule has 0 aromatic carbocycles. The molecule has 0 fully saturated rings. The first kappa shape index (κ1) is 14.0. The minimum atomic E-state index is -1.02. The number of H-pyrrole nitrogens is 1. The van der Waals surface area contributed by atoms with Crippen LogP contribution in [0.25, 0.3) is 11.0 Å². The predicted octanol–water partition coefficient (Wildman–Crippen LogP) is 1.51. The van der Waals surface area contributed by atoms with Crippen LogP contribution in [0.3, 0.4) is 0 Å². The summed E-state index contributed by atoms with van der Waals surface area (Å²) in [5.74, 6) is -0.376. The van der Waals surface area contributed by atoms with Crippen LogP contribution in [-0.2, 0) is 4.65 Å². The number of nitrogens with zero attached hydrogens (tertiary/aromatic N) is 1. The van der Waals surface area contributed by atoms with Gasteiger partial charge in [-0.15, -0.1) is 0 Å². The van der Waals surface area contributed by atoms with Crippen LogP contribution in [0.5, 0.6) is 0 Å². The second-order valence-electron chi connectivity index (χ2n) is 5.57. The first-order valence-electron chi connectivity index (χ1n) is 6.07. The zero-order valence-electron chi connectivity index (χ0n) is 11.5. The van der Waals surface area contributed by atoms with Gasteiger partial charge >= 0.3 is 7.48 Å². The third-order valence-electron chi connectivity index (χ3n) is 3.51. The molecule has 0 spiro atoms. The number of fused-ring (bicyclic) bond motifs is 1. The van der Waals surface area contributed by atoms with Crippen molar-refractivity contribution in [2.24, 2.45) is 0 Å². The van der Waals surface area contributed by atoms with Gasteiger partial charge in [-0.3, -0.25) is 0 Å². The Morgan fingerprint density at radius 2 is 2.05 bits per heavy atom. The van der Waals surface area contributed by atoms with Gasteiger partial charge in [0.1, 0.15) is 11.5 Å². The van der Waals surface area contributed by atoms with E-state index in [-0.39, 0.29) is 5.82 Å². The van der Waals surface area contributed by atoms with Crippen LogP contribution < -0.4 is 5.46 Å². The number of aliphatic hydroxyl groups is 1. The van der Waals surface area contributed by atoms with Gasteiger partial charge in [-0.25, -0.2) is 9.37 Å². The second kappa shape index (κ2) is 4.61.